The summed E-state index contributed by atoms with van der Waals surface area (Å²) in [6.07, 6.45) is 21.1. The Morgan fingerprint density at radius 1 is 0.575 bits per heavy atom. The minimum atomic E-state index is 0.319. The molecule has 0 saturated carbocycles. The zero-order valence-electron chi connectivity index (χ0n) is 48.6. The molecule has 0 N–H and O–H groups in total. The van der Waals surface area contributed by atoms with E-state index in [-0.39, 0.29) is 0 Å². The van der Waals surface area contributed by atoms with Gasteiger partial charge in [0.15, 0.2) is 0 Å². The third kappa shape index (κ3) is 11.1. The highest BCUT2D eigenvalue weighted by Gasteiger charge is 2.26. The number of nitrogens with zero attached hydrogens (tertiary/aromatic N) is 2. The molecule has 3 unspecified atom stereocenters. The molecule has 408 valence electrons. The Hall–Kier alpha value is -8.22. The first-order chi connectivity index (χ1) is 39.2. The molecular formula is C74H78N2O4. The van der Waals surface area contributed by atoms with E-state index in [9.17, 15) is 0 Å². The highest BCUT2D eigenvalue weighted by atomic mass is 16.5. The fourth-order valence-electron chi connectivity index (χ4n) is 11.7. The van der Waals surface area contributed by atoms with E-state index in [2.05, 4.69) is 234 Å². The van der Waals surface area contributed by atoms with Crippen LogP contribution in [0.15, 0.2) is 201 Å². The quantitative estimate of drug-likeness (QED) is 0.0710. The Morgan fingerprint density at radius 3 is 1.75 bits per heavy atom. The lowest BCUT2D eigenvalue weighted by Gasteiger charge is -2.36. The van der Waals surface area contributed by atoms with E-state index in [4.69, 9.17) is 18.0 Å². The molecule has 3 atom stereocenters. The molecule has 1 aliphatic rings. The molecular weight excluding hydrogens is 981 g/mol. The van der Waals surface area contributed by atoms with Crippen LogP contribution >= 0.6 is 0 Å². The van der Waals surface area contributed by atoms with E-state index >= 15 is 0 Å². The van der Waals surface area contributed by atoms with Crippen LogP contribution in [0.5, 0.6) is 11.5 Å². The van der Waals surface area contributed by atoms with Crippen molar-refractivity contribution in [3.63, 3.8) is 0 Å². The van der Waals surface area contributed by atoms with Crippen LogP contribution < -0.4 is 14.5 Å². The second kappa shape index (κ2) is 24.8. The fourth-order valence-corrected chi connectivity index (χ4v) is 11.7. The van der Waals surface area contributed by atoms with Crippen LogP contribution in [0.4, 0.5) is 17.1 Å². The molecule has 0 saturated heterocycles. The van der Waals surface area contributed by atoms with Crippen molar-refractivity contribution in [1.82, 2.24) is 0 Å². The molecule has 3 aromatic heterocycles. The van der Waals surface area contributed by atoms with Gasteiger partial charge in [-0.15, -0.1) is 0 Å². The first kappa shape index (κ1) is 55.1. The second-order valence-electron chi connectivity index (χ2n) is 20.9. The van der Waals surface area contributed by atoms with E-state index in [0.29, 0.717) is 18.0 Å². The van der Waals surface area contributed by atoms with Crippen LogP contribution in [-0.2, 0) is 6.42 Å². The van der Waals surface area contributed by atoms with Crippen molar-refractivity contribution < 1.29 is 18.0 Å². The number of aryl methyl sites for hydroxylation is 2. The van der Waals surface area contributed by atoms with Crippen LogP contribution in [0, 0.1) is 12.8 Å². The third-order valence-corrected chi connectivity index (χ3v) is 15.9. The Kier molecular flexibility index (Phi) is 17.1. The lowest BCUT2D eigenvalue weighted by atomic mass is 9.86. The Balaban J connectivity index is 0.00000176. The summed E-state index contributed by atoms with van der Waals surface area (Å²) >= 11 is 0. The largest absolute Gasteiger partial charge is 0.457 e. The molecule has 8 aromatic carbocycles. The zero-order chi connectivity index (χ0) is 55.9. The molecule has 12 rings (SSSR count). The van der Waals surface area contributed by atoms with Crippen LogP contribution in [0.3, 0.4) is 0 Å². The molecule has 80 heavy (non-hydrogen) atoms. The molecule has 1 aliphatic carbocycles. The van der Waals surface area contributed by atoms with Crippen molar-refractivity contribution in [2.75, 3.05) is 16.8 Å². The van der Waals surface area contributed by atoms with Gasteiger partial charge in [-0.2, -0.15) is 0 Å². The monoisotopic (exact) mass is 1060 g/mol. The zero-order valence-corrected chi connectivity index (χ0v) is 48.6. The maximum atomic E-state index is 6.54. The second-order valence-corrected chi connectivity index (χ2v) is 20.9. The molecule has 11 aromatic rings. The summed E-state index contributed by atoms with van der Waals surface area (Å²) in [6, 6.07) is 55.2. The van der Waals surface area contributed by atoms with Crippen molar-refractivity contribution in [1.29, 1.82) is 0 Å². The van der Waals surface area contributed by atoms with Crippen molar-refractivity contribution in [3.8, 4) is 33.8 Å². The average Bonchev–Trinajstić information content (AvgIpc) is 4.31. The van der Waals surface area contributed by atoms with Crippen LogP contribution in [0.2, 0.25) is 0 Å². The highest BCUT2D eigenvalue weighted by Crippen LogP contribution is 2.43. The van der Waals surface area contributed by atoms with Crippen LogP contribution in [0.1, 0.15) is 105 Å². The summed E-state index contributed by atoms with van der Waals surface area (Å²) < 4.78 is 26.0. The van der Waals surface area contributed by atoms with Crippen LogP contribution in [-0.4, -0.2) is 19.1 Å². The van der Waals surface area contributed by atoms with Crippen molar-refractivity contribution in [2.45, 2.75) is 119 Å². The van der Waals surface area contributed by atoms with E-state index in [0.717, 1.165) is 150 Å². The molecule has 0 aliphatic heterocycles. The number of rotatable bonds is 16. The standard InChI is InChI=1S/C70H66N2O4.2C2H6/c1-7-10-11-12-13-19-50-21-14-16-22-62(50)71(6)53-30-33-55(34-31-53)73-67-43-68-56(38-45(67)4)57-39-51(28-35-64(57)74-68)47-24-26-48(27-25-47)52-29-36-65-58(40-52)60-42-61-59-41-54(32-37-66(59)76-70(61)44-69(60)75-65)72(46(5)9-3)63-23-17-15-20-49(63)18-8-2;2*1-2/h10-15,17,20-21,23-44,46,50,62H,7-9,16,18-19,22H2,1-6H3;2*1-2H3/b11-10-,13-12-;;. The van der Waals surface area contributed by atoms with Crippen molar-refractivity contribution in [3.05, 3.63) is 199 Å². The lowest BCUT2D eigenvalue weighted by Crippen LogP contribution is -2.38. The maximum absolute atomic E-state index is 6.54. The SMILES string of the molecule is CC.CC.CC/C=C\C=C/CC1C=CCCC1N(C)c1ccc(Oc2cc3oc4ccc(-c5ccc(-c6ccc7oc8cc9oc%10ccc(N(c%11ccccc%11CCC)C(C)CC)cc%10c9cc8c7c6)cc5)cc4c3cc2C)cc1. The maximum Gasteiger partial charge on any atom is 0.139 e. The smallest absolute Gasteiger partial charge is 0.139 e. The molecule has 0 amide bonds. The summed E-state index contributed by atoms with van der Waals surface area (Å²) in [6.45, 7) is 19.1. The number of allylic oxidation sites excluding steroid dienone is 5. The van der Waals surface area contributed by atoms with E-state index in [1.807, 2.05) is 33.8 Å². The van der Waals surface area contributed by atoms with Gasteiger partial charge in [-0.25, -0.2) is 0 Å². The Morgan fingerprint density at radius 2 is 1.12 bits per heavy atom. The lowest BCUT2D eigenvalue weighted by molar-refractivity contribution is 0.441. The van der Waals surface area contributed by atoms with Gasteiger partial charge in [0.2, 0.25) is 0 Å². The minimum Gasteiger partial charge on any atom is -0.457 e. The number of anilines is 3. The fraction of sp³-hybridized carbons (Fsp3) is 0.270. The average molecular weight is 1060 g/mol. The number of benzene rings is 8. The highest BCUT2D eigenvalue weighted by molar-refractivity contribution is 6.16. The summed E-state index contributed by atoms with van der Waals surface area (Å²) in [5.74, 6) is 2.07. The summed E-state index contributed by atoms with van der Waals surface area (Å²) in [7, 11) is 2.22. The van der Waals surface area contributed by atoms with E-state index < -0.39 is 0 Å². The van der Waals surface area contributed by atoms with Crippen LogP contribution in [0.25, 0.3) is 88.1 Å². The molecule has 6 heteroatoms. The van der Waals surface area contributed by atoms with E-state index in [1.54, 1.807) is 0 Å². The summed E-state index contributed by atoms with van der Waals surface area (Å²) in [5.41, 5.74) is 15.7. The van der Waals surface area contributed by atoms with Gasteiger partial charge in [0, 0.05) is 86.6 Å². The molecule has 0 spiro atoms. The molecule has 0 radical (unpaired) electrons. The number of hydrogen-bond donors (Lipinski definition) is 0. The number of fused-ring (bicyclic) bond motifs is 9. The van der Waals surface area contributed by atoms with Gasteiger partial charge in [0.05, 0.1) is 0 Å². The van der Waals surface area contributed by atoms with Gasteiger partial charge in [0.1, 0.15) is 45.0 Å². The summed E-state index contributed by atoms with van der Waals surface area (Å²) in [4.78, 5) is 4.95. The first-order valence-corrected chi connectivity index (χ1v) is 29.5. The number of para-hydroxylation sites is 1. The number of hydrogen-bond acceptors (Lipinski definition) is 6. The normalized spacial score (nSPS) is 14.8. The minimum absolute atomic E-state index is 0.319. The van der Waals surface area contributed by atoms with E-state index in [1.165, 1.54) is 22.6 Å². The third-order valence-electron chi connectivity index (χ3n) is 15.9. The first-order valence-electron chi connectivity index (χ1n) is 29.5. The van der Waals surface area contributed by atoms with Crippen molar-refractivity contribution in [2.24, 2.45) is 5.92 Å². The van der Waals surface area contributed by atoms with Gasteiger partial charge in [-0.3, -0.25) is 0 Å². The molecule has 6 nitrogen and oxygen atoms in total. The topological polar surface area (TPSA) is 55.1 Å². The Bertz CT molecular complexity index is 4000. The van der Waals surface area contributed by atoms with Crippen molar-refractivity contribution >= 4 is 82.9 Å². The molecule has 0 fully saturated rings. The van der Waals surface area contributed by atoms with Gasteiger partial charge in [0.25, 0.3) is 0 Å². The summed E-state index contributed by atoms with van der Waals surface area (Å²) in [5, 5.41) is 6.51. The number of ether oxygens (including phenoxy) is 1. The van der Waals surface area contributed by atoms with Gasteiger partial charge >= 0.3 is 0 Å². The predicted molar refractivity (Wildman–Crippen MR) is 343 cm³/mol. The molecule has 0 bridgehead atoms. The predicted octanol–water partition coefficient (Wildman–Crippen LogP) is 22.4. The van der Waals surface area contributed by atoms with Gasteiger partial charge in [-0.05, 0) is 171 Å². The van der Waals surface area contributed by atoms with Gasteiger partial charge in [-0.1, -0.05) is 146 Å². The molecule has 3 heterocycles. The Labute approximate surface area is 473 Å². The van der Waals surface area contributed by atoms with Gasteiger partial charge < -0.3 is 27.8 Å². The number of furan rings is 3.